The molecule has 1 heterocycles. The molecule has 4 heteroatoms. The first-order valence-corrected chi connectivity index (χ1v) is 7.43. The van der Waals surface area contributed by atoms with Crippen molar-refractivity contribution in [3.63, 3.8) is 0 Å². The molecule has 1 saturated heterocycles. The van der Waals surface area contributed by atoms with Crippen molar-refractivity contribution in [1.29, 1.82) is 0 Å². The van der Waals surface area contributed by atoms with Crippen molar-refractivity contribution in [2.75, 3.05) is 32.8 Å². The Morgan fingerprint density at radius 1 is 1.05 bits per heavy atom. The van der Waals surface area contributed by atoms with E-state index in [1.807, 2.05) is 0 Å². The van der Waals surface area contributed by atoms with E-state index >= 15 is 0 Å². The van der Waals surface area contributed by atoms with Gasteiger partial charge in [-0.05, 0) is 22.8 Å². The number of aliphatic hydroxyl groups is 1. The molecule has 2 aromatic rings. The van der Waals surface area contributed by atoms with E-state index in [2.05, 4.69) is 52.7 Å². The minimum Gasteiger partial charge on any atom is -0.396 e. The Balaban J connectivity index is 0.00000161. The van der Waals surface area contributed by atoms with Crippen molar-refractivity contribution in [2.24, 2.45) is 0 Å². The van der Waals surface area contributed by atoms with Crippen molar-refractivity contribution in [2.45, 2.75) is 12.5 Å². The van der Waals surface area contributed by atoms with Crippen molar-refractivity contribution in [3.05, 3.63) is 48.0 Å². The Morgan fingerprint density at radius 3 is 2.52 bits per heavy atom. The van der Waals surface area contributed by atoms with Crippen LogP contribution in [0.1, 0.15) is 18.0 Å². The van der Waals surface area contributed by atoms with Gasteiger partial charge in [-0.1, -0.05) is 42.5 Å². The molecule has 1 atom stereocenters. The highest BCUT2D eigenvalue weighted by atomic mass is 35.5. The average molecular weight is 307 g/mol. The summed E-state index contributed by atoms with van der Waals surface area (Å²) in [5.74, 6) is 0. The van der Waals surface area contributed by atoms with Crippen LogP contribution in [0.4, 0.5) is 0 Å². The maximum atomic E-state index is 9.46. The molecule has 21 heavy (non-hydrogen) atoms. The highest BCUT2D eigenvalue weighted by Gasteiger charge is 2.22. The van der Waals surface area contributed by atoms with Gasteiger partial charge in [-0.15, -0.1) is 12.4 Å². The van der Waals surface area contributed by atoms with Crippen molar-refractivity contribution in [3.8, 4) is 0 Å². The Morgan fingerprint density at radius 2 is 1.76 bits per heavy atom. The number of nitrogens with one attached hydrogen (secondary N) is 1. The Hall–Kier alpha value is -1.13. The molecule has 0 spiro atoms. The minimum absolute atomic E-state index is 0. The van der Waals surface area contributed by atoms with E-state index in [0.29, 0.717) is 6.04 Å². The van der Waals surface area contributed by atoms with Gasteiger partial charge in [0.15, 0.2) is 0 Å². The van der Waals surface area contributed by atoms with Gasteiger partial charge < -0.3 is 10.4 Å². The van der Waals surface area contributed by atoms with E-state index in [1.165, 1.54) is 16.3 Å². The molecule has 1 aliphatic rings. The third kappa shape index (κ3) is 3.55. The zero-order valence-electron chi connectivity index (χ0n) is 12.2. The van der Waals surface area contributed by atoms with Crippen molar-refractivity contribution in [1.82, 2.24) is 10.2 Å². The molecule has 0 aromatic heterocycles. The molecule has 0 bridgehead atoms. The quantitative estimate of drug-likeness (QED) is 0.911. The predicted molar refractivity (Wildman–Crippen MR) is 90.1 cm³/mol. The fraction of sp³-hybridized carbons (Fsp3) is 0.412. The molecule has 1 fully saturated rings. The molecule has 1 aliphatic heterocycles. The maximum Gasteiger partial charge on any atom is 0.0449 e. The van der Waals surface area contributed by atoms with Crippen LogP contribution in [0.5, 0.6) is 0 Å². The van der Waals surface area contributed by atoms with Gasteiger partial charge in [0.05, 0.1) is 0 Å². The Bertz CT molecular complexity index is 564. The monoisotopic (exact) mass is 306 g/mol. The molecule has 0 aliphatic carbocycles. The number of benzene rings is 2. The summed E-state index contributed by atoms with van der Waals surface area (Å²) in [7, 11) is 0. The van der Waals surface area contributed by atoms with Gasteiger partial charge in [0.25, 0.3) is 0 Å². The van der Waals surface area contributed by atoms with E-state index in [4.69, 9.17) is 0 Å². The van der Waals surface area contributed by atoms with Gasteiger partial charge in [0, 0.05) is 38.8 Å². The summed E-state index contributed by atoms with van der Waals surface area (Å²) in [4.78, 5) is 2.49. The van der Waals surface area contributed by atoms with Crippen LogP contribution in [0, 0.1) is 0 Å². The highest BCUT2D eigenvalue weighted by molar-refractivity contribution is 5.86. The zero-order valence-corrected chi connectivity index (χ0v) is 13.0. The van der Waals surface area contributed by atoms with Crippen LogP contribution in [0.3, 0.4) is 0 Å². The standard InChI is InChI=1S/C17H22N2O.ClH/c20-13-8-17(19-11-9-18-10-12-19)16-7-3-5-14-4-1-2-6-15(14)16;/h1-7,17-18,20H,8-13H2;1H/t17-;/m0./s1. The zero-order chi connectivity index (χ0) is 13.8. The molecule has 2 aromatic carbocycles. The van der Waals surface area contributed by atoms with Crippen molar-refractivity contribution >= 4 is 23.2 Å². The molecule has 0 radical (unpaired) electrons. The molecular formula is C17H23ClN2O. The molecule has 0 amide bonds. The molecule has 114 valence electrons. The number of fused-ring (bicyclic) bond motifs is 1. The van der Waals surface area contributed by atoms with Gasteiger partial charge in [0.2, 0.25) is 0 Å². The summed E-state index contributed by atoms with van der Waals surface area (Å²) in [6.45, 7) is 4.40. The number of piperazine rings is 1. The first-order chi connectivity index (χ1) is 9.90. The van der Waals surface area contributed by atoms with E-state index < -0.39 is 0 Å². The highest BCUT2D eigenvalue weighted by Crippen LogP contribution is 2.30. The Kier molecular flexibility index (Phi) is 6.00. The second-order valence-electron chi connectivity index (χ2n) is 5.38. The second-order valence-corrected chi connectivity index (χ2v) is 5.38. The van der Waals surface area contributed by atoms with E-state index in [1.54, 1.807) is 0 Å². The number of hydrogen-bond donors (Lipinski definition) is 2. The molecule has 3 rings (SSSR count). The third-order valence-corrected chi connectivity index (χ3v) is 4.18. The average Bonchev–Trinajstić information content (AvgIpc) is 2.53. The lowest BCUT2D eigenvalue weighted by atomic mass is 9.95. The topological polar surface area (TPSA) is 35.5 Å². The smallest absolute Gasteiger partial charge is 0.0449 e. The fourth-order valence-electron chi connectivity index (χ4n) is 3.19. The molecule has 0 saturated carbocycles. The van der Waals surface area contributed by atoms with Gasteiger partial charge in [-0.2, -0.15) is 0 Å². The van der Waals surface area contributed by atoms with E-state index in [0.717, 1.165) is 32.6 Å². The molecule has 3 nitrogen and oxygen atoms in total. The van der Waals surface area contributed by atoms with Gasteiger partial charge in [-0.3, -0.25) is 4.90 Å². The summed E-state index contributed by atoms with van der Waals surface area (Å²) < 4.78 is 0. The van der Waals surface area contributed by atoms with E-state index in [-0.39, 0.29) is 19.0 Å². The largest absolute Gasteiger partial charge is 0.396 e. The van der Waals surface area contributed by atoms with Crippen LogP contribution in [0.15, 0.2) is 42.5 Å². The first kappa shape index (κ1) is 16.2. The Labute approximate surface area is 132 Å². The van der Waals surface area contributed by atoms with Crippen LogP contribution in [-0.2, 0) is 0 Å². The first-order valence-electron chi connectivity index (χ1n) is 7.43. The lowest BCUT2D eigenvalue weighted by molar-refractivity contribution is 0.142. The summed E-state index contributed by atoms with van der Waals surface area (Å²) in [5, 5.41) is 15.4. The number of halogens is 1. The molecular weight excluding hydrogens is 284 g/mol. The normalized spacial score (nSPS) is 17.4. The lowest BCUT2D eigenvalue weighted by Crippen LogP contribution is -2.45. The van der Waals surface area contributed by atoms with E-state index in [9.17, 15) is 5.11 Å². The number of nitrogens with zero attached hydrogens (tertiary/aromatic N) is 1. The SMILES string of the molecule is Cl.OCC[C@@H](c1cccc2ccccc12)N1CCNCC1. The third-order valence-electron chi connectivity index (χ3n) is 4.18. The van der Waals surface area contributed by atoms with Gasteiger partial charge in [-0.25, -0.2) is 0 Å². The lowest BCUT2D eigenvalue weighted by Gasteiger charge is -2.35. The number of aliphatic hydroxyl groups excluding tert-OH is 1. The maximum absolute atomic E-state index is 9.46. The van der Waals surface area contributed by atoms with Crippen LogP contribution >= 0.6 is 12.4 Å². The van der Waals surface area contributed by atoms with Crippen LogP contribution in [0.25, 0.3) is 10.8 Å². The van der Waals surface area contributed by atoms with Gasteiger partial charge >= 0.3 is 0 Å². The summed E-state index contributed by atoms with van der Waals surface area (Å²) in [5.41, 5.74) is 1.35. The minimum atomic E-state index is 0. The van der Waals surface area contributed by atoms with Crippen LogP contribution in [-0.4, -0.2) is 42.8 Å². The van der Waals surface area contributed by atoms with Crippen LogP contribution in [0.2, 0.25) is 0 Å². The second kappa shape index (κ2) is 7.76. The summed E-state index contributed by atoms with van der Waals surface area (Å²) in [6.07, 6.45) is 0.800. The van der Waals surface area contributed by atoms with Crippen molar-refractivity contribution < 1.29 is 5.11 Å². The number of rotatable bonds is 4. The molecule has 2 N–H and O–H groups in total. The summed E-state index contributed by atoms with van der Waals surface area (Å²) >= 11 is 0. The fourth-order valence-corrected chi connectivity index (χ4v) is 3.19. The number of hydrogen-bond acceptors (Lipinski definition) is 3. The van der Waals surface area contributed by atoms with Crippen LogP contribution < -0.4 is 5.32 Å². The predicted octanol–water partition coefficient (Wildman–Crippen LogP) is 2.59. The van der Waals surface area contributed by atoms with Gasteiger partial charge in [0.1, 0.15) is 0 Å². The molecule has 0 unspecified atom stereocenters. The summed E-state index contributed by atoms with van der Waals surface area (Å²) in [6, 6.07) is 15.3.